The average Bonchev–Trinajstić information content (AvgIpc) is 3.30. The summed E-state index contributed by atoms with van der Waals surface area (Å²) in [5.41, 5.74) is 1.38. The zero-order chi connectivity index (χ0) is 23.0. The summed E-state index contributed by atoms with van der Waals surface area (Å²) in [5.74, 6) is 1.51. The van der Waals surface area contributed by atoms with E-state index < -0.39 is 11.7 Å². The summed E-state index contributed by atoms with van der Waals surface area (Å²) < 4.78 is 49.5. The smallest absolute Gasteiger partial charge is 0.416 e. The van der Waals surface area contributed by atoms with Gasteiger partial charge in [0.05, 0.1) is 12.7 Å². The maximum atomic E-state index is 12.7. The van der Waals surface area contributed by atoms with E-state index in [0.29, 0.717) is 13.2 Å². The minimum atomic E-state index is -4.30. The van der Waals surface area contributed by atoms with E-state index in [9.17, 15) is 13.2 Å². The Morgan fingerprint density at radius 3 is 2.34 bits per heavy atom. The van der Waals surface area contributed by atoms with Crippen molar-refractivity contribution in [1.82, 2.24) is 10.2 Å². The van der Waals surface area contributed by atoms with E-state index in [1.807, 2.05) is 12.1 Å². The number of halogens is 3. The number of benzene rings is 2. The maximum Gasteiger partial charge on any atom is 0.416 e. The monoisotopic (exact) mass is 450 g/mol. The number of rotatable bonds is 11. The first-order valence-electron chi connectivity index (χ1n) is 11.3. The van der Waals surface area contributed by atoms with E-state index in [0.717, 1.165) is 67.2 Å². The molecule has 0 aliphatic carbocycles. The van der Waals surface area contributed by atoms with Gasteiger partial charge in [-0.25, -0.2) is 0 Å². The summed E-state index contributed by atoms with van der Waals surface area (Å²) in [6.45, 7) is 6.52. The molecule has 176 valence electrons. The molecule has 1 unspecified atom stereocenters. The molecule has 2 aromatic carbocycles. The van der Waals surface area contributed by atoms with Gasteiger partial charge in [0, 0.05) is 19.1 Å². The van der Waals surface area contributed by atoms with Crippen molar-refractivity contribution in [2.45, 2.75) is 51.4 Å². The van der Waals surface area contributed by atoms with Gasteiger partial charge >= 0.3 is 6.18 Å². The minimum Gasteiger partial charge on any atom is -0.493 e. The highest BCUT2D eigenvalue weighted by Gasteiger charge is 2.29. The summed E-state index contributed by atoms with van der Waals surface area (Å²) >= 11 is 0. The minimum absolute atomic E-state index is 0.222. The van der Waals surface area contributed by atoms with Crippen LogP contribution in [-0.2, 0) is 19.1 Å². The molecule has 1 fully saturated rings. The molecular formula is C25H33F3N2O2. The molecule has 1 aliphatic heterocycles. The Bertz CT molecular complexity index is 834. The number of hydrogen-bond acceptors (Lipinski definition) is 4. The zero-order valence-electron chi connectivity index (χ0n) is 18.9. The van der Waals surface area contributed by atoms with E-state index in [1.54, 1.807) is 7.11 Å². The average molecular weight is 451 g/mol. The van der Waals surface area contributed by atoms with Gasteiger partial charge in [0.1, 0.15) is 6.61 Å². The van der Waals surface area contributed by atoms with Crippen LogP contribution in [0.15, 0.2) is 42.5 Å². The fourth-order valence-corrected chi connectivity index (χ4v) is 3.87. The normalized spacial score (nSPS) is 15.7. The molecule has 32 heavy (non-hydrogen) atoms. The highest BCUT2D eigenvalue weighted by atomic mass is 19.4. The second kappa shape index (κ2) is 11.6. The molecule has 0 amide bonds. The zero-order valence-corrected chi connectivity index (χ0v) is 18.9. The highest BCUT2D eigenvalue weighted by molar-refractivity contribution is 5.43. The number of aryl methyl sites for hydroxylation is 1. The Labute approximate surface area is 188 Å². The molecule has 0 spiro atoms. The van der Waals surface area contributed by atoms with Crippen molar-refractivity contribution in [3.63, 3.8) is 0 Å². The van der Waals surface area contributed by atoms with Gasteiger partial charge in [-0.3, -0.25) is 4.90 Å². The molecule has 1 atom stereocenters. The van der Waals surface area contributed by atoms with Crippen LogP contribution in [0.1, 0.15) is 42.9 Å². The molecule has 3 rings (SSSR count). The molecule has 1 heterocycles. The molecule has 1 N–H and O–H groups in total. The fourth-order valence-electron chi connectivity index (χ4n) is 3.87. The summed E-state index contributed by atoms with van der Waals surface area (Å²) in [6, 6.07) is 11.6. The Morgan fingerprint density at radius 2 is 1.69 bits per heavy atom. The lowest BCUT2D eigenvalue weighted by Crippen LogP contribution is -2.26. The third-order valence-electron chi connectivity index (χ3n) is 5.89. The third kappa shape index (κ3) is 7.41. The maximum absolute atomic E-state index is 12.7. The molecule has 1 saturated heterocycles. The molecule has 0 saturated carbocycles. The summed E-state index contributed by atoms with van der Waals surface area (Å²) in [4.78, 5) is 2.42. The van der Waals surface area contributed by atoms with Crippen LogP contribution >= 0.6 is 0 Å². The van der Waals surface area contributed by atoms with Gasteiger partial charge in [0.2, 0.25) is 0 Å². The number of methoxy groups -OCH3 is 1. The molecule has 0 aromatic heterocycles. The molecule has 4 nitrogen and oxygen atoms in total. The van der Waals surface area contributed by atoms with Crippen molar-refractivity contribution in [3.05, 3.63) is 59.2 Å². The first kappa shape index (κ1) is 24.4. The van der Waals surface area contributed by atoms with Crippen molar-refractivity contribution in [3.8, 4) is 11.5 Å². The fraction of sp³-hybridized carbons (Fsp3) is 0.520. The van der Waals surface area contributed by atoms with Gasteiger partial charge in [-0.05, 0) is 81.1 Å². The molecule has 0 bridgehead atoms. The number of likely N-dealkylation sites (tertiary alicyclic amines) is 1. The van der Waals surface area contributed by atoms with Crippen LogP contribution in [0.3, 0.4) is 0 Å². The van der Waals surface area contributed by atoms with Crippen molar-refractivity contribution in [1.29, 1.82) is 0 Å². The first-order valence-corrected chi connectivity index (χ1v) is 11.3. The lowest BCUT2D eigenvalue weighted by Gasteiger charge is -2.17. The molecular weight excluding hydrogens is 417 g/mol. The van der Waals surface area contributed by atoms with Gasteiger partial charge in [0.15, 0.2) is 11.5 Å². The summed E-state index contributed by atoms with van der Waals surface area (Å²) in [6.07, 6.45) is 0.0185. The van der Waals surface area contributed by atoms with Crippen LogP contribution in [0, 0.1) is 0 Å². The second-order valence-corrected chi connectivity index (χ2v) is 8.40. The van der Waals surface area contributed by atoms with Crippen LogP contribution in [0.25, 0.3) is 0 Å². The van der Waals surface area contributed by atoms with Gasteiger partial charge < -0.3 is 14.8 Å². The Hall–Kier alpha value is -2.25. The number of nitrogens with one attached hydrogen (secondary N) is 1. The molecule has 1 aliphatic rings. The van der Waals surface area contributed by atoms with Crippen molar-refractivity contribution >= 4 is 0 Å². The number of hydrogen-bond donors (Lipinski definition) is 1. The van der Waals surface area contributed by atoms with Gasteiger partial charge in [-0.2, -0.15) is 13.2 Å². The second-order valence-electron chi connectivity index (χ2n) is 8.40. The Balaban J connectivity index is 1.42. The topological polar surface area (TPSA) is 33.7 Å². The van der Waals surface area contributed by atoms with Crippen molar-refractivity contribution in [2.75, 3.05) is 33.4 Å². The lowest BCUT2D eigenvalue weighted by atomic mass is 10.0. The van der Waals surface area contributed by atoms with E-state index in [-0.39, 0.29) is 6.04 Å². The number of nitrogens with zero attached hydrogens (tertiary/aromatic N) is 1. The van der Waals surface area contributed by atoms with Crippen LogP contribution in [-0.4, -0.2) is 44.3 Å². The number of alkyl halides is 3. The highest BCUT2D eigenvalue weighted by Crippen LogP contribution is 2.30. The first-order chi connectivity index (χ1) is 15.3. The standard InChI is InChI=1S/C25H33F3N2O2/c1-19(29-18-21-7-10-22(11-8-21)25(26,27)28)5-6-20-9-12-23(24(17-20)31-2)32-16-15-30-13-3-4-14-30/h7-12,17,19,29H,3-6,13-16,18H2,1-2H3. The molecule has 7 heteroatoms. The van der Waals surface area contributed by atoms with Crippen LogP contribution in [0.4, 0.5) is 13.2 Å². The third-order valence-corrected chi connectivity index (χ3v) is 5.89. The summed E-state index contributed by atoms with van der Waals surface area (Å²) in [5, 5.41) is 3.38. The van der Waals surface area contributed by atoms with Crippen molar-refractivity contribution < 1.29 is 22.6 Å². The van der Waals surface area contributed by atoms with E-state index in [2.05, 4.69) is 23.2 Å². The molecule has 0 radical (unpaired) electrons. The Kier molecular flexibility index (Phi) is 8.82. The quantitative estimate of drug-likeness (QED) is 0.504. The predicted molar refractivity (Wildman–Crippen MR) is 120 cm³/mol. The van der Waals surface area contributed by atoms with Crippen LogP contribution < -0.4 is 14.8 Å². The largest absolute Gasteiger partial charge is 0.493 e. The Morgan fingerprint density at radius 1 is 1.00 bits per heavy atom. The van der Waals surface area contributed by atoms with Gasteiger partial charge in [-0.15, -0.1) is 0 Å². The lowest BCUT2D eigenvalue weighted by molar-refractivity contribution is -0.137. The number of ether oxygens (including phenoxy) is 2. The van der Waals surface area contributed by atoms with Gasteiger partial charge in [-0.1, -0.05) is 18.2 Å². The van der Waals surface area contributed by atoms with E-state index in [4.69, 9.17) is 9.47 Å². The van der Waals surface area contributed by atoms with Crippen LogP contribution in [0.5, 0.6) is 11.5 Å². The predicted octanol–water partition coefficient (Wildman–Crippen LogP) is 5.30. The van der Waals surface area contributed by atoms with Crippen LogP contribution in [0.2, 0.25) is 0 Å². The SMILES string of the molecule is COc1cc(CCC(C)NCc2ccc(C(F)(F)F)cc2)ccc1OCCN1CCCC1. The van der Waals surface area contributed by atoms with Gasteiger partial charge in [0.25, 0.3) is 0 Å². The molecule has 2 aromatic rings. The van der Waals surface area contributed by atoms with E-state index >= 15 is 0 Å². The van der Waals surface area contributed by atoms with Crippen molar-refractivity contribution in [2.24, 2.45) is 0 Å². The summed E-state index contributed by atoms with van der Waals surface area (Å²) in [7, 11) is 1.65. The van der Waals surface area contributed by atoms with E-state index in [1.165, 1.54) is 25.0 Å².